The minimum absolute atomic E-state index is 0.0528. The van der Waals surface area contributed by atoms with Gasteiger partial charge < -0.3 is 10.2 Å². The number of nitrogens with zero attached hydrogens (tertiary/aromatic N) is 1. The summed E-state index contributed by atoms with van der Waals surface area (Å²) in [6.45, 7) is 11.9. The maximum Gasteiger partial charge on any atom is 0.256 e. The lowest BCUT2D eigenvalue weighted by atomic mass is 10.1. The van der Waals surface area contributed by atoms with Gasteiger partial charge in [0, 0.05) is 25.3 Å². The van der Waals surface area contributed by atoms with E-state index in [1.165, 1.54) is 0 Å². The average Bonchev–Trinajstić information content (AvgIpc) is 2.36. The van der Waals surface area contributed by atoms with Crippen LogP contribution in [0.1, 0.15) is 31.1 Å². The highest BCUT2D eigenvalue weighted by Crippen LogP contribution is 2.17. The molecule has 1 rings (SSSR count). The number of carbonyl (C=O) groups excluding carboxylic acids is 1. The van der Waals surface area contributed by atoms with E-state index in [2.05, 4.69) is 11.9 Å². The molecule has 0 unspecified atom stereocenters. The van der Waals surface area contributed by atoms with Gasteiger partial charge in [-0.25, -0.2) is 0 Å². The molecule has 1 N–H and O–H groups in total. The van der Waals surface area contributed by atoms with Crippen LogP contribution >= 0.6 is 0 Å². The number of amides is 1. The van der Waals surface area contributed by atoms with Gasteiger partial charge in [-0.1, -0.05) is 24.3 Å². The second kappa shape index (κ2) is 6.84. The van der Waals surface area contributed by atoms with Crippen molar-refractivity contribution >= 4 is 11.6 Å². The van der Waals surface area contributed by atoms with E-state index in [0.29, 0.717) is 13.1 Å². The van der Waals surface area contributed by atoms with Crippen LogP contribution in [0, 0.1) is 0 Å². The number of para-hydroxylation sites is 1. The Hall–Kier alpha value is -1.77. The lowest BCUT2D eigenvalue weighted by Gasteiger charge is -2.22. The van der Waals surface area contributed by atoms with Crippen LogP contribution in [0.25, 0.3) is 0 Å². The molecular weight excluding hydrogens is 224 g/mol. The van der Waals surface area contributed by atoms with Crippen molar-refractivity contribution in [3.63, 3.8) is 0 Å². The second-order valence-electron chi connectivity index (χ2n) is 4.35. The van der Waals surface area contributed by atoms with Crippen molar-refractivity contribution in [2.45, 2.75) is 20.8 Å². The van der Waals surface area contributed by atoms with Gasteiger partial charge in [0.25, 0.3) is 5.91 Å². The lowest BCUT2D eigenvalue weighted by Crippen LogP contribution is -2.32. The van der Waals surface area contributed by atoms with E-state index in [1.807, 2.05) is 45.0 Å². The quantitative estimate of drug-likeness (QED) is 0.782. The maximum atomic E-state index is 12.5. The fourth-order valence-electron chi connectivity index (χ4n) is 1.84. The van der Waals surface area contributed by atoms with Crippen LogP contribution in [0.2, 0.25) is 0 Å². The van der Waals surface area contributed by atoms with Crippen molar-refractivity contribution in [3.05, 3.63) is 42.0 Å². The summed E-state index contributed by atoms with van der Waals surface area (Å²) in [6, 6.07) is 7.62. The van der Waals surface area contributed by atoms with E-state index in [0.717, 1.165) is 23.4 Å². The molecule has 1 aromatic carbocycles. The summed E-state index contributed by atoms with van der Waals surface area (Å²) in [5.41, 5.74) is 2.61. The molecule has 0 fully saturated rings. The number of carbonyl (C=O) groups is 1. The van der Waals surface area contributed by atoms with Crippen molar-refractivity contribution in [1.29, 1.82) is 0 Å². The van der Waals surface area contributed by atoms with Gasteiger partial charge in [-0.15, -0.1) is 0 Å². The number of hydrogen-bond donors (Lipinski definition) is 1. The summed E-state index contributed by atoms with van der Waals surface area (Å²) in [4.78, 5) is 14.3. The molecule has 3 heteroatoms. The van der Waals surface area contributed by atoms with Gasteiger partial charge in [-0.05, 0) is 32.9 Å². The van der Waals surface area contributed by atoms with Crippen molar-refractivity contribution in [1.82, 2.24) is 4.90 Å². The third-order valence-corrected chi connectivity index (χ3v) is 2.65. The van der Waals surface area contributed by atoms with Crippen molar-refractivity contribution in [2.75, 3.05) is 25.0 Å². The summed E-state index contributed by atoms with van der Waals surface area (Å²) in [5.74, 6) is 0.0528. The molecule has 0 aliphatic rings. The molecular formula is C15H22N2O. The molecule has 0 aliphatic carbocycles. The van der Waals surface area contributed by atoms with Gasteiger partial charge in [-0.2, -0.15) is 0 Å². The highest BCUT2D eigenvalue weighted by molar-refractivity contribution is 5.99. The maximum absolute atomic E-state index is 12.5. The molecule has 0 radical (unpaired) electrons. The van der Waals surface area contributed by atoms with E-state index >= 15 is 0 Å². The second-order valence-corrected chi connectivity index (χ2v) is 4.35. The largest absolute Gasteiger partial charge is 0.385 e. The SMILES string of the molecule is C=C(C)CN(CC)C(=O)c1ccccc1NCC. The minimum Gasteiger partial charge on any atom is -0.385 e. The number of anilines is 1. The first-order chi connectivity index (χ1) is 8.60. The van der Waals surface area contributed by atoms with Crippen molar-refractivity contribution < 1.29 is 4.79 Å². The molecule has 0 atom stereocenters. The zero-order chi connectivity index (χ0) is 13.5. The summed E-state index contributed by atoms with van der Waals surface area (Å²) in [5, 5.41) is 3.22. The Bertz CT molecular complexity index is 426. The van der Waals surface area contributed by atoms with E-state index in [-0.39, 0.29) is 5.91 Å². The van der Waals surface area contributed by atoms with Crippen LogP contribution in [-0.2, 0) is 0 Å². The molecule has 1 aromatic rings. The third kappa shape index (κ3) is 3.62. The fourth-order valence-corrected chi connectivity index (χ4v) is 1.84. The molecule has 3 nitrogen and oxygen atoms in total. The first-order valence-corrected chi connectivity index (χ1v) is 6.36. The summed E-state index contributed by atoms with van der Waals surface area (Å²) < 4.78 is 0. The Morgan fingerprint density at radius 3 is 2.56 bits per heavy atom. The van der Waals surface area contributed by atoms with Crippen LogP contribution in [0.3, 0.4) is 0 Å². The van der Waals surface area contributed by atoms with Crippen LogP contribution < -0.4 is 5.32 Å². The van der Waals surface area contributed by atoms with E-state index in [1.54, 1.807) is 4.90 Å². The summed E-state index contributed by atoms with van der Waals surface area (Å²) >= 11 is 0. The third-order valence-electron chi connectivity index (χ3n) is 2.65. The van der Waals surface area contributed by atoms with Crippen molar-refractivity contribution in [3.8, 4) is 0 Å². The number of rotatable bonds is 6. The van der Waals surface area contributed by atoms with Crippen LogP contribution in [-0.4, -0.2) is 30.4 Å². The molecule has 0 aliphatic heterocycles. The summed E-state index contributed by atoms with van der Waals surface area (Å²) in [6.07, 6.45) is 0. The zero-order valence-corrected chi connectivity index (χ0v) is 11.5. The monoisotopic (exact) mass is 246 g/mol. The molecule has 0 saturated heterocycles. The standard InChI is InChI=1S/C15H22N2O/c1-5-16-14-10-8-7-9-13(14)15(18)17(6-2)11-12(3)4/h7-10,16H,3,5-6,11H2,1-2,4H3. The number of benzene rings is 1. The minimum atomic E-state index is 0.0528. The Labute approximate surface area is 109 Å². The molecule has 1 amide bonds. The molecule has 18 heavy (non-hydrogen) atoms. The predicted molar refractivity (Wildman–Crippen MR) is 77.0 cm³/mol. The van der Waals surface area contributed by atoms with Gasteiger partial charge in [0.05, 0.1) is 5.56 Å². The molecule has 0 saturated carbocycles. The highest BCUT2D eigenvalue weighted by Gasteiger charge is 2.16. The Kier molecular flexibility index (Phi) is 5.43. The first-order valence-electron chi connectivity index (χ1n) is 6.36. The molecule has 0 bridgehead atoms. The molecule has 98 valence electrons. The van der Waals surface area contributed by atoms with Gasteiger partial charge in [-0.3, -0.25) is 4.79 Å². The molecule has 0 heterocycles. The summed E-state index contributed by atoms with van der Waals surface area (Å²) in [7, 11) is 0. The predicted octanol–water partition coefficient (Wildman–Crippen LogP) is 3.16. The van der Waals surface area contributed by atoms with E-state index in [4.69, 9.17) is 0 Å². The Morgan fingerprint density at radius 1 is 1.33 bits per heavy atom. The van der Waals surface area contributed by atoms with Crippen LogP contribution in [0.4, 0.5) is 5.69 Å². The number of hydrogen-bond acceptors (Lipinski definition) is 2. The average molecular weight is 246 g/mol. The fraction of sp³-hybridized carbons (Fsp3) is 0.400. The van der Waals surface area contributed by atoms with Gasteiger partial charge >= 0.3 is 0 Å². The zero-order valence-electron chi connectivity index (χ0n) is 11.5. The van der Waals surface area contributed by atoms with Gasteiger partial charge in [0.2, 0.25) is 0 Å². The topological polar surface area (TPSA) is 32.3 Å². The van der Waals surface area contributed by atoms with Crippen LogP contribution in [0.5, 0.6) is 0 Å². The highest BCUT2D eigenvalue weighted by atomic mass is 16.2. The van der Waals surface area contributed by atoms with Crippen molar-refractivity contribution in [2.24, 2.45) is 0 Å². The lowest BCUT2D eigenvalue weighted by molar-refractivity contribution is 0.0779. The Morgan fingerprint density at radius 2 is 2.00 bits per heavy atom. The van der Waals surface area contributed by atoms with Crippen LogP contribution in [0.15, 0.2) is 36.4 Å². The van der Waals surface area contributed by atoms with E-state index < -0.39 is 0 Å². The number of nitrogens with one attached hydrogen (secondary N) is 1. The molecule has 0 spiro atoms. The van der Waals surface area contributed by atoms with Gasteiger partial charge in [0.15, 0.2) is 0 Å². The van der Waals surface area contributed by atoms with Gasteiger partial charge in [0.1, 0.15) is 0 Å². The van der Waals surface area contributed by atoms with E-state index in [9.17, 15) is 4.79 Å². The first kappa shape index (κ1) is 14.3. The smallest absolute Gasteiger partial charge is 0.256 e. The molecule has 0 aromatic heterocycles. The Balaban J connectivity index is 2.97. The normalized spacial score (nSPS) is 9.94. The number of likely N-dealkylation sites (N-methyl/N-ethyl adjacent to an activating group) is 1.